The molecule has 180 valence electrons. The minimum Gasteiger partial charge on any atom is -0.497 e. The molecule has 1 fully saturated rings. The van der Waals surface area contributed by atoms with E-state index in [-0.39, 0.29) is 11.8 Å². The van der Waals surface area contributed by atoms with Crippen molar-refractivity contribution < 1.29 is 19.1 Å². The molecule has 4 aromatic rings. The zero-order valence-electron chi connectivity index (χ0n) is 19.4. The fourth-order valence-corrected chi connectivity index (χ4v) is 5.12. The minimum atomic E-state index is -0.480. The molecule has 1 aliphatic rings. The molecular formula is C25H25N5O4S. The second-order valence-electron chi connectivity index (χ2n) is 8.28. The van der Waals surface area contributed by atoms with Crippen molar-refractivity contribution in [2.24, 2.45) is 5.92 Å². The summed E-state index contributed by atoms with van der Waals surface area (Å²) in [5.74, 6) is -0.0197. The topological polar surface area (TPSA) is 98.1 Å². The molecule has 2 aromatic carbocycles. The number of para-hydroxylation sites is 1. The second kappa shape index (κ2) is 9.75. The van der Waals surface area contributed by atoms with Crippen LogP contribution >= 0.6 is 11.3 Å². The Kier molecular flexibility index (Phi) is 6.37. The number of anilines is 2. The number of hydrogen-bond donors (Lipinski definition) is 1. The van der Waals surface area contributed by atoms with Gasteiger partial charge in [-0.15, -0.1) is 5.10 Å². The molecule has 9 nitrogen and oxygen atoms in total. The first-order valence-electron chi connectivity index (χ1n) is 11.3. The molecule has 1 N–H and O–H groups in total. The summed E-state index contributed by atoms with van der Waals surface area (Å²) >= 11 is 1.50. The Hall–Kier alpha value is -3.92. The maximum atomic E-state index is 13.0. The molecule has 1 saturated heterocycles. The number of benzene rings is 2. The molecule has 3 heterocycles. The van der Waals surface area contributed by atoms with E-state index in [0.29, 0.717) is 17.8 Å². The van der Waals surface area contributed by atoms with E-state index in [4.69, 9.17) is 19.6 Å². The van der Waals surface area contributed by atoms with Crippen LogP contribution in [0.4, 0.5) is 10.8 Å². The van der Waals surface area contributed by atoms with Gasteiger partial charge in [0, 0.05) is 18.7 Å². The van der Waals surface area contributed by atoms with E-state index in [0.717, 1.165) is 46.5 Å². The molecule has 5 rings (SSSR count). The van der Waals surface area contributed by atoms with Crippen LogP contribution in [-0.2, 0) is 9.53 Å². The van der Waals surface area contributed by atoms with Gasteiger partial charge in [-0.05, 0) is 49.2 Å². The maximum absolute atomic E-state index is 13.0. The van der Waals surface area contributed by atoms with Crippen molar-refractivity contribution in [3.05, 3.63) is 60.3 Å². The van der Waals surface area contributed by atoms with Crippen molar-refractivity contribution in [1.29, 1.82) is 0 Å². The number of carbonyl (C=O) groups is 2. The molecule has 1 atom stereocenters. The van der Waals surface area contributed by atoms with Gasteiger partial charge in [0.1, 0.15) is 5.75 Å². The molecule has 0 spiro atoms. The van der Waals surface area contributed by atoms with Crippen LogP contribution in [0.1, 0.15) is 23.2 Å². The zero-order valence-corrected chi connectivity index (χ0v) is 20.2. The highest BCUT2D eigenvalue weighted by Crippen LogP contribution is 2.31. The Morgan fingerprint density at radius 2 is 1.91 bits per heavy atom. The lowest BCUT2D eigenvalue weighted by Crippen LogP contribution is -2.41. The Morgan fingerprint density at radius 3 is 2.66 bits per heavy atom. The number of carbonyl (C=O) groups excluding carboxylic acids is 2. The SMILES string of the molecule is COC(=O)c1ccccc1NC(=O)C1CCCN(c2nn3cc(-c4ccc(OC)cc4)nc3s2)C1. The smallest absolute Gasteiger partial charge is 0.339 e. The molecule has 1 amide bonds. The van der Waals surface area contributed by atoms with Crippen LogP contribution in [-0.4, -0.2) is 53.8 Å². The average Bonchev–Trinajstić information content (AvgIpc) is 3.48. The minimum absolute atomic E-state index is 0.117. The van der Waals surface area contributed by atoms with Gasteiger partial charge in [-0.3, -0.25) is 4.79 Å². The Morgan fingerprint density at radius 1 is 1.11 bits per heavy atom. The first-order valence-corrected chi connectivity index (χ1v) is 12.1. The lowest BCUT2D eigenvalue weighted by atomic mass is 9.97. The summed E-state index contributed by atoms with van der Waals surface area (Å²) in [6.07, 6.45) is 3.55. The van der Waals surface area contributed by atoms with Gasteiger partial charge in [0.05, 0.1) is 43.3 Å². The van der Waals surface area contributed by atoms with E-state index in [9.17, 15) is 9.59 Å². The predicted molar refractivity (Wildman–Crippen MR) is 134 cm³/mol. The average molecular weight is 492 g/mol. The Bertz CT molecular complexity index is 1330. The van der Waals surface area contributed by atoms with E-state index in [1.807, 2.05) is 30.5 Å². The number of esters is 1. The Balaban J connectivity index is 1.29. The van der Waals surface area contributed by atoms with Crippen molar-refractivity contribution in [2.45, 2.75) is 12.8 Å². The van der Waals surface area contributed by atoms with Crippen LogP contribution < -0.4 is 15.0 Å². The lowest BCUT2D eigenvalue weighted by molar-refractivity contribution is -0.120. The number of aromatic nitrogens is 3. The standard InChI is InChI=1S/C25H25N5O4S/c1-33-18-11-9-16(10-12-18)21-15-30-24(27-21)35-25(28-30)29-13-5-6-17(14-29)22(31)26-20-8-4-3-7-19(20)23(32)34-2/h3-4,7-12,15,17H,5-6,13-14H2,1-2H3,(H,26,31). The number of hydrogen-bond acceptors (Lipinski definition) is 8. The van der Waals surface area contributed by atoms with E-state index in [1.54, 1.807) is 35.9 Å². The highest BCUT2D eigenvalue weighted by Gasteiger charge is 2.29. The van der Waals surface area contributed by atoms with Gasteiger partial charge in [-0.1, -0.05) is 23.5 Å². The fourth-order valence-electron chi connectivity index (χ4n) is 4.20. The largest absolute Gasteiger partial charge is 0.497 e. The van der Waals surface area contributed by atoms with Crippen LogP contribution in [0, 0.1) is 5.92 Å². The maximum Gasteiger partial charge on any atom is 0.339 e. The number of nitrogens with one attached hydrogen (secondary N) is 1. The lowest BCUT2D eigenvalue weighted by Gasteiger charge is -2.31. The third kappa shape index (κ3) is 4.69. The van der Waals surface area contributed by atoms with E-state index in [2.05, 4.69) is 10.2 Å². The molecule has 35 heavy (non-hydrogen) atoms. The monoisotopic (exact) mass is 491 g/mol. The number of nitrogens with zero attached hydrogens (tertiary/aromatic N) is 4. The van der Waals surface area contributed by atoms with E-state index >= 15 is 0 Å². The van der Waals surface area contributed by atoms with Crippen molar-refractivity contribution >= 4 is 39.0 Å². The number of imidazole rings is 1. The number of ether oxygens (including phenoxy) is 2. The number of methoxy groups -OCH3 is 2. The van der Waals surface area contributed by atoms with Gasteiger partial charge in [0.15, 0.2) is 0 Å². The van der Waals surface area contributed by atoms with Crippen LogP contribution in [0.2, 0.25) is 0 Å². The van der Waals surface area contributed by atoms with Crippen LogP contribution in [0.15, 0.2) is 54.7 Å². The van der Waals surface area contributed by atoms with Gasteiger partial charge in [0.25, 0.3) is 0 Å². The van der Waals surface area contributed by atoms with E-state index < -0.39 is 5.97 Å². The van der Waals surface area contributed by atoms with Gasteiger partial charge in [-0.2, -0.15) is 0 Å². The summed E-state index contributed by atoms with van der Waals surface area (Å²) in [5.41, 5.74) is 2.63. The summed E-state index contributed by atoms with van der Waals surface area (Å²) in [6, 6.07) is 14.6. The zero-order chi connectivity index (χ0) is 24.4. The predicted octanol–water partition coefficient (Wildman–Crippen LogP) is 4.11. The van der Waals surface area contributed by atoms with Crippen LogP contribution in [0.25, 0.3) is 16.2 Å². The summed E-state index contributed by atoms with van der Waals surface area (Å²) in [6.45, 7) is 1.37. The molecule has 0 aliphatic carbocycles. The first kappa shape index (κ1) is 22.9. The van der Waals surface area contributed by atoms with Crippen molar-refractivity contribution in [1.82, 2.24) is 14.6 Å². The second-order valence-corrected chi connectivity index (χ2v) is 9.21. The molecule has 1 unspecified atom stereocenters. The highest BCUT2D eigenvalue weighted by molar-refractivity contribution is 7.20. The first-order chi connectivity index (χ1) is 17.1. The fraction of sp³-hybridized carbons (Fsp3) is 0.280. The van der Waals surface area contributed by atoms with Gasteiger partial charge in [0.2, 0.25) is 16.0 Å². The van der Waals surface area contributed by atoms with Crippen LogP contribution in [0.3, 0.4) is 0 Å². The Labute approximate surface area is 206 Å². The highest BCUT2D eigenvalue weighted by atomic mass is 32.1. The number of piperidine rings is 1. The molecular weight excluding hydrogens is 466 g/mol. The van der Waals surface area contributed by atoms with Gasteiger partial charge in [-0.25, -0.2) is 14.3 Å². The molecule has 1 aliphatic heterocycles. The molecule has 0 saturated carbocycles. The summed E-state index contributed by atoms with van der Waals surface area (Å²) in [4.78, 5) is 32.7. The third-order valence-electron chi connectivity index (χ3n) is 6.07. The van der Waals surface area contributed by atoms with Crippen molar-refractivity contribution in [3.63, 3.8) is 0 Å². The molecule has 0 bridgehead atoms. The van der Waals surface area contributed by atoms with Crippen LogP contribution in [0.5, 0.6) is 5.75 Å². The molecule has 10 heteroatoms. The summed E-state index contributed by atoms with van der Waals surface area (Å²) < 4.78 is 11.8. The summed E-state index contributed by atoms with van der Waals surface area (Å²) in [7, 11) is 2.97. The van der Waals surface area contributed by atoms with Crippen molar-refractivity contribution in [2.75, 3.05) is 37.5 Å². The quantitative estimate of drug-likeness (QED) is 0.405. The van der Waals surface area contributed by atoms with Gasteiger partial charge < -0.3 is 19.7 Å². The third-order valence-corrected chi connectivity index (χ3v) is 7.05. The molecule has 0 radical (unpaired) electrons. The number of fused-ring (bicyclic) bond motifs is 1. The normalized spacial score (nSPS) is 15.7. The molecule has 2 aromatic heterocycles. The summed E-state index contributed by atoms with van der Waals surface area (Å²) in [5, 5.41) is 8.47. The van der Waals surface area contributed by atoms with Gasteiger partial charge >= 0.3 is 5.97 Å². The van der Waals surface area contributed by atoms with Crippen molar-refractivity contribution in [3.8, 4) is 17.0 Å². The number of amides is 1. The van der Waals surface area contributed by atoms with E-state index in [1.165, 1.54) is 18.4 Å². The number of rotatable bonds is 6.